The smallest absolute Gasteiger partial charge is 0.138 e. The summed E-state index contributed by atoms with van der Waals surface area (Å²) in [6.07, 6.45) is 1.54. The molecule has 0 amide bonds. The van der Waals surface area contributed by atoms with Crippen molar-refractivity contribution >= 4 is 22.6 Å². The van der Waals surface area contributed by atoms with Gasteiger partial charge in [0, 0.05) is 5.56 Å². The molecule has 6 heteroatoms. The van der Waals surface area contributed by atoms with Crippen LogP contribution in [0.3, 0.4) is 0 Å². The van der Waals surface area contributed by atoms with Gasteiger partial charge in [-0.15, -0.1) is 5.10 Å². The Kier molecular flexibility index (Phi) is 3.56. The summed E-state index contributed by atoms with van der Waals surface area (Å²) in [4.78, 5) is 0. The van der Waals surface area contributed by atoms with Gasteiger partial charge in [0.1, 0.15) is 12.1 Å². The molecule has 0 aliphatic carbocycles. The molecule has 0 unspecified atom stereocenters. The molecule has 1 aromatic carbocycles. The summed E-state index contributed by atoms with van der Waals surface area (Å²) in [5.41, 5.74) is 2.06. The average Bonchev–Trinajstić information content (AvgIpc) is 2.75. The molecule has 0 bridgehead atoms. The second kappa shape index (κ2) is 4.83. The zero-order valence-electron chi connectivity index (χ0n) is 10.6. The number of rotatable bonds is 2. The van der Waals surface area contributed by atoms with E-state index in [-0.39, 0.29) is 5.41 Å². The third-order valence-electron chi connectivity index (χ3n) is 2.73. The van der Waals surface area contributed by atoms with E-state index in [0.717, 1.165) is 9.13 Å². The topological polar surface area (TPSA) is 63.8 Å². The van der Waals surface area contributed by atoms with E-state index in [1.165, 1.54) is 11.9 Å². The molecule has 2 rings (SSSR count). The van der Waals surface area contributed by atoms with Crippen molar-refractivity contribution in [3.63, 3.8) is 0 Å². The highest BCUT2D eigenvalue weighted by Gasteiger charge is 2.18. The Hall–Kier alpha value is -1.18. The van der Waals surface area contributed by atoms with Crippen LogP contribution in [0.4, 0.5) is 0 Å². The molecule has 96 valence electrons. The maximum Gasteiger partial charge on any atom is 0.138 e. The van der Waals surface area contributed by atoms with Crippen molar-refractivity contribution in [1.29, 1.82) is 0 Å². The molecule has 5 nitrogen and oxygen atoms in total. The SMILES string of the molecule is CC(C)(C)c1cc(I)c(O)c(Cn2cnnn2)c1. The Labute approximate surface area is 119 Å². The third-order valence-corrected chi connectivity index (χ3v) is 3.55. The molecule has 0 saturated carbocycles. The first-order valence-corrected chi connectivity index (χ1v) is 6.68. The minimum Gasteiger partial charge on any atom is -0.506 e. The molecule has 0 radical (unpaired) electrons. The van der Waals surface area contributed by atoms with E-state index in [1.807, 2.05) is 12.1 Å². The first-order chi connectivity index (χ1) is 8.38. The minimum absolute atomic E-state index is 0.0446. The standard InChI is InChI=1S/C12H15IN4O/c1-12(2,3)9-4-8(11(18)10(13)5-9)6-17-7-14-15-16-17/h4-5,7,18H,6H2,1-3H3. The van der Waals surface area contributed by atoms with Gasteiger partial charge in [0.2, 0.25) is 0 Å². The van der Waals surface area contributed by atoms with Gasteiger partial charge in [-0.3, -0.25) is 0 Å². The monoisotopic (exact) mass is 358 g/mol. The molecule has 1 aromatic heterocycles. The fourth-order valence-corrected chi connectivity index (χ4v) is 2.32. The maximum absolute atomic E-state index is 10.1. The van der Waals surface area contributed by atoms with E-state index in [4.69, 9.17) is 0 Å². The van der Waals surface area contributed by atoms with Crippen molar-refractivity contribution in [1.82, 2.24) is 20.2 Å². The summed E-state index contributed by atoms with van der Waals surface area (Å²) in [5, 5.41) is 21.1. The quantitative estimate of drug-likeness (QED) is 0.837. The van der Waals surface area contributed by atoms with E-state index in [9.17, 15) is 5.11 Å². The van der Waals surface area contributed by atoms with Crippen molar-refractivity contribution in [3.05, 3.63) is 33.2 Å². The van der Waals surface area contributed by atoms with Gasteiger partial charge >= 0.3 is 0 Å². The van der Waals surface area contributed by atoms with Crippen LogP contribution in [-0.2, 0) is 12.0 Å². The molecule has 18 heavy (non-hydrogen) atoms. The van der Waals surface area contributed by atoms with Crippen LogP contribution in [0.15, 0.2) is 18.5 Å². The van der Waals surface area contributed by atoms with Crippen molar-refractivity contribution in [2.75, 3.05) is 0 Å². The molecule has 0 aliphatic rings. The van der Waals surface area contributed by atoms with Gasteiger partial charge in [-0.2, -0.15) is 0 Å². The van der Waals surface area contributed by atoms with Crippen molar-refractivity contribution < 1.29 is 5.11 Å². The lowest BCUT2D eigenvalue weighted by Gasteiger charge is -2.21. The van der Waals surface area contributed by atoms with Crippen LogP contribution in [0, 0.1) is 3.57 Å². The summed E-state index contributed by atoms with van der Waals surface area (Å²) in [7, 11) is 0. The van der Waals surface area contributed by atoms with Gasteiger partial charge in [0.25, 0.3) is 0 Å². The number of phenols is 1. The largest absolute Gasteiger partial charge is 0.506 e. The highest BCUT2D eigenvalue weighted by molar-refractivity contribution is 14.1. The average molecular weight is 358 g/mol. The van der Waals surface area contributed by atoms with E-state index < -0.39 is 0 Å². The Morgan fingerprint density at radius 1 is 1.33 bits per heavy atom. The second-order valence-corrected chi connectivity index (χ2v) is 6.39. The van der Waals surface area contributed by atoms with Gasteiger partial charge in [-0.1, -0.05) is 20.8 Å². The number of aromatic nitrogens is 4. The maximum atomic E-state index is 10.1. The van der Waals surface area contributed by atoms with Crippen molar-refractivity contribution in [2.24, 2.45) is 0 Å². The zero-order valence-corrected chi connectivity index (χ0v) is 12.7. The van der Waals surface area contributed by atoms with Crippen LogP contribution in [0.25, 0.3) is 0 Å². The Balaban J connectivity index is 2.43. The molecule has 0 atom stereocenters. The Morgan fingerprint density at radius 2 is 2.06 bits per heavy atom. The van der Waals surface area contributed by atoms with Gasteiger partial charge < -0.3 is 5.11 Å². The van der Waals surface area contributed by atoms with E-state index in [0.29, 0.717) is 12.3 Å². The number of phenolic OH excluding ortho intramolecular Hbond substituents is 1. The number of benzene rings is 1. The zero-order chi connectivity index (χ0) is 13.3. The Morgan fingerprint density at radius 3 is 2.61 bits per heavy atom. The summed E-state index contributed by atoms with van der Waals surface area (Å²) in [6.45, 7) is 6.92. The normalized spacial score (nSPS) is 11.8. The number of hydrogen-bond donors (Lipinski definition) is 1. The fourth-order valence-electron chi connectivity index (χ4n) is 1.64. The first kappa shape index (κ1) is 13.3. The van der Waals surface area contributed by atoms with E-state index >= 15 is 0 Å². The molecule has 0 fully saturated rings. The lowest BCUT2D eigenvalue weighted by Crippen LogP contribution is -2.13. The summed E-state index contributed by atoms with van der Waals surface area (Å²) >= 11 is 2.15. The summed E-state index contributed by atoms with van der Waals surface area (Å²) < 4.78 is 2.44. The molecular formula is C12H15IN4O. The number of aromatic hydroxyl groups is 1. The molecule has 1 heterocycles. The highest BCUT2D eigenvalue weighted by atomic mass is 127. The van der Waals surface area contributed by atoms with Crippen LogP contribution >= 0.6 is 22.6 Å². The van der Waals surface area contributed by atoms with E-state index in [1.54, 1.807) is 4.68 Å². The van der Waals surface area contributed by atoms with Gasteiger partial charge in [-0.25, -0.2) is 4.68 Å². The van der Waals surface area contributed by atoms with Crippen LogP contribution < -0.4 is 0 Å². The second-order valence-electron chi connectivity index (χ2n) is 5.22. The molecule has 0 saturated heterocycles. The van der Waals surface area contributed by atoms with Gasteiger partial charge in [0.05, 0.1) is 10.1 Å². The third kappa shape index (κ3) is 2.80. The van der Waals surface area contributed by atoms with Crippen LogP contribution in [-0.4, -0.2) is 25.3 Å². The number of tetrazole rings is 1. The first-order valence-electron chi connectivity index (χ1n) is 5.60. The number of hydrogen-bond acceptors (Lipinski definition) is 4. The Bertz CT molecular complexity index is 546. The van der Waals surface area contributed by atoms with Crippen LogP contribution in [0.5, 0.6) is 5.75 Å². The van der Waals surface area contributed by atoms with Gasteiger partial charge in [0.15, 0.2) is 0 Å². The molecule has 0 aliphatic heterocycles. The summed E-state index contributed by atoms with van der Waals surface area (Å²) in [6, 6.07) is 4.03. The van der Waals surface area contributed by atoms with Crippen LogP contribution in [0.2, 0.25) is 0 Å². The molecule has 1 N–H and O–H groups in total. The summed E-state index contributed by atoms with van der Waals surface area (Å²) in [5.74, 6) is 0.305. The fraction of sp³-hybridized carbons (Fsp3) is 0.417. The van der Waals surface area contributed by atoms with Crippen LogP contribution in [0.1, 0.15) is 31.9 Å². The molecular weight excluding hydrogens is 343 g/mol. The predicted octanol–water partition coefficient (Wildman–Crippen LogP) is 2.33. The van der Waals surface area contributed by atoms with Crippen molar-refractivity contribution in [2.45, 2.75) is 32.7 Å². The van der Waals surface area contributed by atoms with E-state index in [2.05, 4.69) is 58.9 Å². The lowest BCUT2D eigenvalue weighted by atomic mass is 9.86. The highest BCUT2D eigenvalue weighted by Crippen LogP contribution is 2.32. The minimum atomic E-state index is 0.0446. The number of nitrogens with zero attached hydrogens (tertiary/aromatic N) is 4. The molecule has 2 aromatic rings. The predicted molar refractivity (Wildman–Crippen MR) is 76.4 cm³/mol. The lowest BCUT2D eigenvalue weighted by molar-refractivity contribution is 0.457. The van der Waals surface area contributed by atoms with Crippen molar-refractivity contribution in [3.8, 4) is 5.75 Å². The molecule has 0 spiro atoms. The van der Waals surface area contributed by atoms with Gasteiger partial charge in [-0.05, 0) is 56.1 Å². The number of halogens is 1.